The van der Waals surface area contributed by atoms with E-state index in [1.54, 1.807) is 9.80 Å². The summed E-state index contributed by atoms with van der Waals surface area (Å²) in [6.07, 6.45) is 0.651. The molecule has 0 radical (unpaired) electrons. The molecule has 198 valence electrons. The van der Waals surface area contributed by atoms with E-state index in [4.69, 9.17) is 4.74 Å². The quantitative estimate of drug-likeness (QED) is 0.614. The summed E-state index contributed by atoms with van der Waals surface area (Å²) >= 11 is 0. The van der Waals surface area contributed by atoms with E-state index in [2.05, 4.69) is 17.4 Å². The van der Waals surface area contributed by atoms with Crippen molar-refractivity contribution in [2.45, 2.75) is 65.0 Å². The first-order chi connectivity index (χ1) is 17.5. The number of carbonyl (C=O) groups excluding carboxylic acids is 3. The molecule has 0 aliphatic carbocycles. The van der Waals surface area contributed by atoms with Crippen molar-refractivity contribution >= 4 is 23.6 Å². The molecule has 1 unspecified atom stereocenters. The van der Waals surface area contributed by atoms with Crippen molar-refractivity contribution in [1.29, 1.82) is 0 Å². The topological polar surface area (TPSA) is 79.0 Å². The highest BCUT2D eigenvalue weighted by molar-refractivity contribution is 6.03. The first kappa shape index (κ1) is 26.7. The van der Waals surface area contributed by atoms with Crippen molar-refractivity contribution in [3.63, 3.8) is 0 Å². The van der Waals surface area contributed by atoms with Crippen LogP contribution in [0.5, 0.6) is 0 Å². The lowest BCUT2D eigenvalue weighted by molar-refractivity contribution is -0.127. The zero-order chi connectivity index (χ0) is 26.7. The number of hydrogen-bond donors (Lipinski definition) is 1. The first-order valence-corrected chi connectivity index (χ1v) is 13.2. The molecule has 2 aromatic carbocycles. The van der Waals surface area contributed by atoms with Gasteiger partial charge in [0.1, 0.15) is 5.60 Å². The molecule has 1 N–H and O–H groups in total. The molecule has 4 rings (SSSR count). The summed E-state index contributed by atoms with van der Waals surface area (Å²) in [5, 5.41) is 3.13. The molecule has 7 nitrogen and oxygen atoms in total. The number of carbonyl (C=O) groups is 3. The molecular formula is C30H39N3O4. The predicted octanol–water partition coefficient (Wildman–Crippen LogP) is 4.76. The maximum atomic E-state index is 13.4. The highest BCUT2D eigenvalue weighted by atomic mass is 16.6. The lowest BCUT2D eigenvalue weighted by atomic mass is 9.87. The number of ether oxygens (including phenoxy) is 1. The Morgan fingerprint density at radius 2 is 1.65 bits per heavy atom. The Hall–Kier alpha value is -3.35. The third-order valence-electron chi connectivity index (χ3n) is 7.16. The number of anilines is 1. The number of hydrogen-bond acceptors (Lipinski definition) is 4. The molecule has 2 heterocycles. The van der Waals surface area contributed by atoms with E-state index in [1.807, 2.05) is 77.1 Å². The molecule has 2 aliphatic rings. The lowest BCUT2D eigenvalue weighted by Crippen LogP contribution is -2.45. The second-order valence-corrected chi connectivity index (χ2v) is 11.5. The van der Waals surface area contributed by atoms with E-state index in [0.717, 1.165) is 17.7 Å². The van der Waals surface area contributed by atoms with Crippen LogP contribution in [0.4, 0.5) is 10.5 Å². The van der Waals surface area contributed by atoms with Gasteiger partial charge in [-0.15, -0.1) is 0 Å². The largest absolute Gasteiger partial charge is 0.444 e. The fourth-order valence-electron chi connectivity index (χ4n) is 5.47. The number of benzene rings is 2. The second kappa shape index (κ2) is 11.0. The van der Waals surface area contributed by atoms with E-state index in [0.29, 0.717) is 19.6 Å². The first-order valence-electron chi connectivity index (χ1n) is 13.2. The van der Waals surface area contributed by atoms with Gasteiger partial charge in [0.05, 0.1) is 5.92 Å². The summed E-state index contributed by atoms with van der Waals surface area (Å²) in [6, 6.07) is 17.9. The zero-order valence-electron chi connectivity index (χ0n) is 22.6. The number of para-hydroxylation sites is 1. The summed E-state index contributed by atoms with van der Waals surface area (Å²) in [5.74, 6) is -0.425. The van der Waals surface area contributed by atoms with Gasteiger partial charge in [0.15, 0.2) is 0 Å². The van der Waals surface area contributed by atoms with Crippen molar-refractivity contribution in [3.8, 4) is 0 Å². The summed E-state index contributed by atoms with van der Waals surface area (Å²) in [5.41, 5.74) is 2.34. The smallest absolute Gasteiger partial charge is 0.410 e. The zero-order valence-corrected chi connectivity index (χ0v) is 22.6. The van der Waals surface area contributed by atoms with Gasteiger partial charge < -0.3 is 19.9 Å². The number of nitrogens with zero attached hydrogens (tertiary/aromatic N) is 2. The van der Waals surface area contributed by atoms with Crippen molar-refractivity contribution in [2.24, 2.45) is 11.8 Å². The molecule has 0 spiro atoms. The Labute approximate surface area is 220 Å². The molecule has 2 aliphatic heterocycles. The minimum absolute atomic E-state index is 0.0220. The Balaban J connectivity index is 1.48. The molecule has 37 heavy (non-hydrogen) atoms. The number of rotatable bonds is 6. The minimum Gasteiger partial charge on any atom is -0.444 e. The molecule has 2 aromatic rings. The number of fused-ring (bicyclic) bond motifs is 1. The minimum atomic E-state index is -0.566. The molecule has 0 saturated carbocycles. The van der Waals surface area contributed by atoms with Crippen LogP contribution in [0.15, 0.2) is 54.6 Å². The molecule has 7 heteroatoms. The normalized spacial score (nSPS) is 21.7. The van der Waals surface area contributed by atoms with Gasteiger partial charge >= 0.3 is 6.09 Å². The van der Waals surface area contributed by atoms with Gasteiger partial charge in [-0.25, -0.2) is 4.79 Å². The van der Waals surface area contributed by atoms with E-state index in [-0.39, 0.29) is 42.2 Å². The second-order valence-electron chi connectivity index (χ2n) is 11.5. The molecular weight excluding hydrogens is 466 g/mol. The Morgan fingerprint density at radius 3 is 2.32 bits per heavy atom. The van der Waals surface area contributed by atoms with Gasteiger partial charge in [-0.05, 0) is 70.1 Å². The standard InChI is InChI=1S/C30H39N3O4/c1-20(2)33-26-14-10-9-13-24(26)25(16-27(33)34)28(35)31-17-23-19-32(29(36)37-30(3,4)5)18-22(23)15-21-11-7-6-8-12-21/h6-14,20,22-23,25H,15-19H2,1-5H3,(H,31,35)/t22-,23-,25?/m1/s1. The highest BCUT2D eigenvalue weighted by Crippen LogP contribution is 2.37. The van der Waals surface area contributed by atoms with Crippen LogP contribution >= 0.6 is 0 Å². The maximum Gasteiger partial charge on any atom is 0.410 e. The number of amides is 3. The van der Waals surface area contributed by atoms with Crippen LogP contribution in [0.3, 0.4) is 0 Å². The fourth-order valence-corrected chi connectivity index (χ4v) is 5.47. The Bertz CT molecular complexity index is 1130. The Kier molecular flexibility index (Phi) is 7.90. The number of nitrogens with one attached hydrogen (secondary N) is 1. The van der Waals surface area contributed by atoms with Gasteiger partial charge in [0, 0.05) is 37.8 Å². The van der Waals surface area contributed by atoms with Crippen LogP contribution in [-0.2, 0) is 20.7 Å². The van der Waals surface area contributed by atoms with Gasteiger partial charge in [-0.1, -0.05) is 48.5 Å². The summed E-state index contributed by atoms with van der Waals surface area (Å²) in [4.78, 5) is 42.7. The number of likely N-dealkylation sites (tertiary alicyclic amines) is 1. The SMILES string of the molecule is CC(C)N1C(=O)CC(C(=O)NC[C@@H]2CN(C(=O)OC(C)(C)C)C[C@H]2Cc2ccccc2)c2ccccc21. The van der Waals surface area contributed by atoms with E-state index >= 15 is 0 Å². The van der Waals surface area contributed by atoms with Gasteiger partial charge in [0.2, 0.25) is 11.8 Å². The van der Waals surface area contributed by atoms with Gasteiger partial charge in [0.25, 0.3) is 0 Å². The van der Waals surface area contributed by atoms with Crippen LogP contribution in [0.25, 0.3) is 0 Å². The average Bonchev–Trinajstić information content (AvgIpc) is 3.24. The molecule has 3 amide bonds. The lowest BCUT2D eigenvalue weighted by Gasteiger charge is -2.36. The third-order valence-corrected chi connectivity index (χ3v) is 7.16. The van der Waals surface area contributed by atoms with E-state index < -0.39 is 11.5 Å². The van der Waals surface area contributed by atoms with Crippen molar-refractivity contribution < 1.29 is 19.1 Å². The van der Waals surface area contributed by atoms with Crippen molar-refractivity contribution in [3.05, 3.63) is 65.7 Å². The summed E-state index contributed by atoms with van der Waals surface area (Å²) in [7, 11) is 0. The van der Waals surface area contributed by atoms with Crippen molar-refractivity contribution in [1.82, 2.24) is 10.2 Å². The third kappa shape index (κ3) is 6.32. The highest BCUT2D eigenvalue weighted by Gasteiger charge is 2.39. The molecule has 1 fully saturated rings. The van der Waals surface area contributed by atoms with Crippen LogP contribution in [-0.4, -0.2) is 54.1 Å². The molecule has 0 bridgehead atoms. The average molecular weight is 506 g/mol. The molecule has 1 saturated heterocycles. The predicted molar refractivity (Wildman–Crippen MR) is 144 cm³/mol. The fraction of sp³-hybridized carbons (Fsp3) is 0.500. The van der Waals surface area contributed by atoms with Crippen molar-refractivity contribution in [2.75, 3.05) is 24.5 Å². The van der Waals surface area contributed by atoms with E-state index in [9.17, 15) is 14.4 Å². The van der Waals surface area contributed by atoms with E-state index in [1.165, 1.54) is 5.56 Å². The summed E-state index contributed by atoms with van der Waals surface area (Å²) in [6.45, 7) is 11.1. The van der Waals surface area contributed by atoms with Crippen LogP contribution in [0.2, 0.25) is 0 Å². The summed E-state index contributed by atoms with van der Waals surface area (Å²) < 4.78 is 5.63. The van der Waals surface area contributed by atoms with Gasteiger partial charge in [-0.2, -0.15) is 0 Å². The maximum absolute atomic E-state index is 13.4. The van der Waals surface area contributed by atoms with Crippen LogP contribution in [0.1, 0.15) is 58.1 Å². The van der Waals surface area contributed by atoms with Crippen LogP contribution in [0, 0.1) is 11.8 Å². The van der Waals surface area contributed by atoms with Gasteiger partial charge in [-0.3, -0.25) is 9.59 Å². The molecule has 3 atom stereocenters. The monoisotopic (exact) mass is 505 g/mol. The van der Waals surface area contributed by atoms with Crippen LogP contribution < -0.4 is 10.2 Å². The molecule has 0 aromatic heterocycles. The Morgan fingerprint density at radius 1 is 1.00 bits per heavy atom.